The second-order valence-corrected chi connectivity index (χ2v) is 3.54. The van der Waals surface area contributed by atoms with Gasteiger partial charge in [-0.1, -0.05) is 46.0 Å². The molecule has 0 saturated heterocycles. The summed E-state index contributed by atoms with van der Waals surface area (Å²) in [5, 5.41) is 8.79. The number of nitrogens with two attached hydrogens (primary N) is 1. The molecule has 0 aromatic heterocycles. The fourth-order valence-corrected chi connectivity index (χ4v) is 1.65. The Labute approximate surface area is 83.6 Å². The highest BCUT2D eigenvalue weighted by Gasteiger charge is 2.24. The van der Waals surface area contributed by atoms with E-state index in [2.05, 4.69) is 6.07 Å². The van der Waals surface area contributed by atoms with Gasteiger partial charge in [0.1, 0.15) is 5.54 Å². The monoisotopic (exact) mass is 184 g/mol. The van der Waals surface area contributed by atoms with Crippen molar-refractivity contribution in [2.75, 3.05) is 0 Å². The van der Waals surface area contributed by atoms with Gasteiger partial charge in [-0.25, -0.2) is 0 Å². The largest absolute Gasteiger partial charge is 0.313 e. The molecule has 13 heavy (non-hydrogen) atoms. The van der Waals surface area contributed by atoms with E-state index >= 15 is 0 Å². The Morgan fingerprint density at radius 2 is 1.46 bits per heavy atom. The van der Waals surface area contributed by atoms with Crippen molar-refractivity contribution >= 4 is 0 Å². The highest BCUT2D eigenvalue weighted by molar-refractivity contribution is 5.04. The van der Waals surface area contributed by atoms with Crippen LogP contribution in [-0.2, 0) is 0 Å². The fourth-order valence-electron chi connectivity index (χ4n) is 1.65. The van der Waals surface area contributed by atoms with Gasteiger partial charge in [0.15, 0.2) is 0 Å². The molecule has 2 nitrogen and oxygen atoms in total. The molecule has 2 heteroatoms. The maximum atomic E-state index is 8.79. The molecular weight excluding hydrogens is 160 g/mol. The van der Waals surface area contributed by atoms with Crippen LogP contribution in [0.1, 0.15) is 60.2 Å². The summed E-state index contributed by atoms with van der Waals surface area (Å²) in [6.07, 6.45) is 7.86. The first-order chi connectivity index (χ1) is 6.27. The molecular formula is C11H24N2. The lowest BCUT2D eigenvalue weighted by molar-refractivity contribution is 0.386. The van der Waals surface area contributed by atoms with E-state index in [4.69, 9.17) is 11.0 Å². The molecule has 78 valence electrons. The maximum Gasteiger partial charge on any atom is 0.104 e. The van der Waals surface area contributed by atoms with Gasteiger partial charge in [-0.15, -0.1) is 0 Å². The molecule has 0 aliphatic heterocycles. The Bertz CT molecular complexity index is 155. The zero-order valence-corrected chi connectivity index (χ0v) is 8.97. The van der Waals surface area contributed by atoms with Crippen LogP contribution in [0, 0.1) is 11.3 Å². The molecule has 1 aliphatic rings. The van der Waals surface area contributed by atoms with Crippen molar-refractivity contribution in [3.63, 3.8) is 0 Å². The van der Waals surface area contributed by atoms with E-state index in [1.165, 1.54) is 19.3 Å². The molecule has 0 spiro atoms. The Balaban J connectivity index is 0. The minimum Gasteiger partial charge on any atom is -0.313 e. The van der Waals surface area contributed by atoms with E-state index in [1.807, 2.05) is 13.8 Å². The quantitative estimate of drug-likeness (QED) is 0.628. The fraction of sp³-hybridized carbons (Fsp3) is 0.909. The standard InChI is InChI=1S/C9H16N2.C2H6.H2/c10-8-9(11)6-4-2-1-3-5-7-9;1-2;/h1-7,11H2;1-2H3;1H. The van der Waals surface area contributed by atoms with Crippen LogP contribution in [0.15, 0.2) is 0 Å². The van der Waals surface area contributed by atoms with E-state index in [-0.39, 0.29) is 1.43 Å². The normalized spacial score (nSPS) is 21.4. The predicted molar refractivity (Wildman–Crippen MR) is 58.3 cm³/mol. The topological polar surface area (TPSA) is 49.8 Å². The van der Waals surface area contributed by atoms with E-state index in [0.717, 1.165) is 25.7 Å². The summed E-state index contributed by atoms with van der Waals surface area (Å²) in [5.74, 6) is 0. The van der Waals surface area contributed by atoms with E-state index in [0.29, 0.717) is 0 Å². The molecule has 0 aromatic carbocycles. The van der Waals surface area contributed by atoms with Crippen LogP contribution < -0.4 is 5.73 Å². The highest BCUT2D eigenvalue weighted by atomic mass is 14.7. The van der Waals surface area contributed by atoms with Crippen LogP contribution in [0.5, 0.6) is 0 Å². The molecule has 0 radical (unpaired) electrons. The number of hydrogen-bond acceptors (Lipinski definition) is 2. The second-order valence-electron chi connectivity index (χ2n) is 3.54. The minimum absolute atomic E-state index is 0. The van der Waals surface area contributed by atoms with Crippen molar-refractivity contribution in [2.24, 2.45) is 5.73 Å². The molecule has 2 N–H and O–H groups in total. The van der Waals surface area contributed by atoms with Gasteiger partial charge in [-0.05, 0) is 12.8 Å². The highest BCUT2D eigenvalue weighted by Crippen LogP contribution is 2.23. The van der Waals surface area contributed by atoms with Crippen LogP contribution in [-0.4, -0.2) is 5.54 Å². The Morgan fingerprint density at radius 1 is 1.08 bits per heavy atom. The third-order valence-electron chi connectivity index (χ3n) is 2.47. The molecule has 1 rings (SSSR count). The SMILES string of the molecule is CC.N#CC1(N)CCCCCCC1.[HH]. The van der Waals surface area contributed by atoms with Gasteiger partial charge in [0.2, 0.25) is 0 Å². The van der Waals surface area contributed by atoms with Crippen LogP contribution in [0.3, 0.4) is 0 Å². The number of nitriles is 1. The third kappa shape index (κ3) is 4.90. The molecule has 0 amide bonds. The average Bonchev–Trinajstić information content (AvgIpc) is 2.15. The van der Waals surface area contributed by atoms with Crippen molar-refractivity contribution < 1.29 is 1.43 Å². The van der Waals surface area contributed by atoms with E-state index in [1.54, 1.807) is 0 Å². The summed E-state index contributed by atoms with van der Waals surface area (Å²) < 4.78 is 0. The lowest BCUT2D eigenvalue weighted by Crippen LogP contribution is -2.38. The van der Waals surface area contributed by atoms with Gasteiger partial charge in [-0.2, -0.15) is 5.26 Å². The Morgan fingerprint density at radius 3 is 1.85 bits per heavy atom. The smallest absolute Gasteiger partial charge is 0.104 e. The van der Waals surface area contributed by atoms with E-state index in [9.17, 15) is 0 Å². The maximum absolute atomic E-state index is 8.79. The van der Waals surface area contributed by atoms with Crippen molar-refractivity contribution in [3.05, 3.63) is 0 Å². The first kappa shape index (κ1) is 12.4. The molecule has 1 saturated carbocycles. The Kier molecular flexibility index (Phi) is 6.62. The molecule has 0 heterocycles. The zero-order chi connectivity index (χ0) is 10.2. The van der Waals surface area contributed by atoms with Gasteiger partial charge in [-0.3, -0.25) is 0 Å². The summed E-state index contributed by atoms with van der Waals surface area (Å²) in [7, 11) is 0. The van der Waals surface area contributed by atoms with Gasteiger partial charge < -0.3 is 5.73 Å². The molecule has 0 unspecified atom stereocenters. The average molecular weight is 184 g/mol. The second kappa shape index (κ2) is 6.91. The number of hydrogen-bond donors (Lipinski definition) is 1. The number of nitrogens with zero attached hydrogens (tertiary/aromatic N) is 1. The molecule has 0 atom stereocenters. The van der Waals surface area contributed by atoms with Crippen molar-refractivity contribution in [1.29, 1.82) is 5.26 Å². The van der Waals surface area contributed by atoms with Gasteiger partial charge in [0.05, 0.1) is 6.07 Å². The lowest BCUT2D eigenvalue weighted by atomic mass is 9.86. The summed E-state index contributed by atoms with van der Waals surface area (Å²) in [6, 6.07) is 2.23. The summed E-state index contributed by atoms with van der Waals surface area (Å²) in [4.78, 5) is 0. The third-order valence-corrected chi connectivity index (χ3v) is 2.47. The minimum atomic E-state index is -0.500. The van der Waals surface area contributed by atoms with Crippen molar-refractivity contribution in [2.45, 2.75) is 64.3 Å². The first-order valence-electron chi connectivity index (χ1n) is 5.47. The first-order valence-corrected chi connectivity index (χ1v) is 5.47. The summed E-state index contributed by atoms with van der Waals surface area (Å²) >= 11 is 0. The van der Waals surface area contributed by atoms with E-state index < -0.39 is 5.54 Å². The zero-order valence-electron chi connectivity index (χ0n) is 8.97. The van der Waals surface area contributed by atoms with Crippen molar-refractivity contribution in [3.8, 4) is 6.07 Å². The van der Waals surface area contributed by atoms with Crippen LogP contribution in [0.25, 0.3) is 0 Å². The molecule has 0 bridgehead atoms. The van der Waals surface area contributed by atoms with Crippen molar-refractivity contribution in [1.82, 2.24) is 0 Å². The summed E-state index contributed by atoms with van der Waals surface area (Å²) in [5.41, 5.74) is 5.37. The van der Waals surface area contributed by atoms with Gasteiger partial charge >= 0.3 is 0 Å². The molecule has 1 fully saturated rings. The lowest BCUT2D eigenvalue weighted by Gasteiger charge is -2.23. The van der Waals surface area contributed by atoms with Crippen LogP contribution >= 0.6 is 0 Å². The summed E-state index contributed by atoms with van der Waals surface area (Å²) in [6.45, 7) is 4.00. The Hall–Kier alpha value is -0.550. The number of rotatable bonds is 0. The molecule has 1 aliphatic carbocycles. The van der Waals surface area contributed by atoms with Gasteiger partial charge in [0.25, 0.3) is 0 Å². The van der Waals surface area contributed by atoms with Crippen LogP contribution in [0.4, 0.5) is 0 Å². The molecule has 0 aromatic rings. The van der Waals surface area contributed by atoms with Gasteiger partial charge in [0, 0.05) is 1.43 Å². The predicted octanol–water partition coefficient (Wildman–Crippen LogP) is 3.22. The van der Waals surface area contributed by atoms with Crippen LogP contribution in [0.2, 0.25) is 0 Å².